The summed E-state index contributed by atoms with van der Waals surface area (Å²) >= 11 is 0. The van der Waals surface area contributed by atoms with E-state index in [9.17, 15) is 9.59 Å². The molecular weight excluding hydrogens is 266 g/mol. The third-order valence-electron chi connectivity index (χ3n) is 2.98. The molecule has 0 unspecified atom stereocenters. The normalized spacial score (nSPS) is 10.6. The molecule has 0 aliphatic rings. The van der Waals surface area contributed by atoms with Crippen LogP contribution < -0.4 is 5.32 Å². The number of esters is 1. The zero-order valence-corrected chi connectivity index (χ0v) is 12.7. The molecule has 0 fully saturated rings. The number of carbonyl (C=O) groups is 2. The summed E-state index contributed by atoms with van der Waals surface area (Å²) in [5, 5.41) is 2.74. The molecule has 114 valence electrons. The van der Waals surface area contributed by atoms with Gasteiger partial charge in [-0.2, -0.15) is 0 Å². The maximum Gasteiger partial charge on any atom is 0.305 e. The molecule has 0 radical (unpaired) electrons. The summed E-state index contributed by atoms with van der Waals surface area (Å²) in [7, 11) is 0. The fourth-order valence-corrected chi connectivity index (χ4v) is 1.77. The lowest BCUT2D eigenvalue weighted by Gasteiger charge is -2.02. The Labute approximate surface area is 126 Å². The standard InChI is InChI=1S/C17H23NO3/c1-3-14-7-9-15(10-8-14)11-12-16(19)18-13-5-6-17(20)21-4-2/h7-12H,3-6,13H2,1-2H3,(H,18,19). The first-order valence-electron chi connectivity index (χ1n) is 7.36. The SMILES string of the molecule is CCOC(=O)CCCNC(=O)C=Cc1ccc(CC)cc1. The van der Waals surface area contributed by atoms with Gasteiger partial charge in [-0.25, -0.2) is 0 Å². The summed E-state index contributed by atoms with van der Waals surface area (Å²) in [5.74, 6) is -0.378. The van der Waals surface area contributed by atoms with Crippen molar-refractivity contribution in [1.29, 1.82) is 0 Å². The summed E-state index contributed by atoms with van der Waals surface area (Å²) in [4.78, 5) is 22.7. The molecule has 0 spiro atoms. The first-order chi connectivity index (χ1) is 10.2. The summed E-state index contributed by atoms with van der Waals surface area (Å²) in [6, 6.07) is 8.08. The third kappa shape index (κ3) is 7.30. The van der Waals surface area contributed by atoms with Crippen LogP contribution in [0, 0.1) is 0 Å². The van der Waals surface area contributed by atoms with Crippen LogP contribution >= 0.6 is 0 Å². The fraction of sp³-hybridized carbons (Fsp3) is 0.412. The monoisotopic (exact) mass is 289 g/mol. The van der Waals surface area contributed by atoms with Crippen LogP contribution in [0.5, 0.6) is 0 Å². The van der Waals surface area contributed by atoms with E-state index in [2.05, 4.69) is 24.4 Å². The highest BCUT2D eigenvalue weighted by atomic mass is 16.5. The van der Waals surface area contributed by atoms with Crippen LogP contribution in [0.15, 0.2) is 30.3 Å². The van der Waals surface area contributed by atoms with Gasteiger partial charge in [0.2, 0.25) is 5.91 Å². The maximum atomic E-state index is 11.6. The van der Waals surface area contributed by atoms with E-state index in [4.69, 9.17) is 4.74 Å². The van der Waals surface area contributed by atoms with Gasteiger partial charge in [0.25, 0.3) is 0 Å². The number of hydrogen-bond donors (Lipinski definition) is 1. The van der Waals surface area contributed by atoms with Crippen molar-refractivity contribution in [2.45, 2.75) is 33.1 Å². The Bertz CT molecular complexity index is 477. The molecule has 0 saturated heterocycles. The van der Waals surface area contributed by atoms with Gasteiger partial charge in [0.1, 0.15) is 0 Å². The minimum atomic E-state index is -0.224. The molecule has 1 amide bonds. The lowest BCUT2D eigenvalue weighted by molar-refractivity contribution is -0.143. The summed E-state index contributed by atoms with van der Waals surface area (Å²) in [5.41, 5.74) is 2.27. The third-order valence-corrected chi connectivity index (χ3v) is 2.98. The number of aryl methyl sites for hydroxylation is 1. The van der Waals surface area contributed by atoms with Gasteiger partial charge in [-0.05, 0) is 37.0 Å². The van der Waals surface area contributed by atoms with E-state index in [-0.39, 0.29) is 11.9 Å². The van der Waals surface area contributed by atoms with Crippen LogP contribution in [0.4, 0.5) is 0 Å². The minimum absolute atomic E-state index is 0.154. The number of rotatable bonds is 8. The molecule has 1 rings (SSSR count). The Balaban J connectivity index is 2.26. The quantitative estimate of drug-likeness (QED) is 0.455. The molecule has 1 aromatic carbocycles. The van der Waals surface area contributed by atoms with Crippen LogP contribution in [-0.4, -0.2) is 25.0 Å². The molecule has 0 aromatic heterocycles. The van der Waals surface area contributed by atoms with Gasteiger partial charge in [0.05, 0.1) is 6.61 Å². The highest BCUT2D eigenvalue weighted by Gasteiger charge is 2.01. The van der Waals surface area contributed by atoms with Crippen molar-refractivity contribution in [2.24, 2.45) is 0 Å². The molecule has 0 atom stereocenters. The van der Waals surface area contributed by atoms with Gasteiger partial charge in [0, 0.05) is 19.0 Å². The van der Waals surface area contributed by atoms with E-state index in [0.29, 0.717) is 26.0 Å². The average molecular weight is 289 g/mol. The number of carbonyl (C=O) groups excluding carboxylic acids is 2. The zero-order valence-electron chi connectivity index (χ0n) is 12.7. The second-order valence-electron chi connectivity index (χ2n) is 4.63. The summed E-state index contributed by atoms with van der Waals surface area (Å²) in [6.07, 6.45) is 5.20. The van der Waals surface area contributed by atoms with Gasteiger partial charge < -0.3 is 10.1 Å². The van der Waals surface area contributed by atoms with Crippen LogP contribution in [0.25, 0.3) is 6.08 Å². The van der Waals surface area contributed by atoms with Crippen molar-refractivity contribution in [3.63, 3.8) is 0 Å². The van der Waals surface area contributed by atoms with Crippen molar-refractivity contribution in [3.8, 4) is 0 Å². The first kappa shape index (κ1) is 17.0. The maximum absolute atomic E-state index is 11.6. The van der Waals surface area contributed by atoms with Crippen LogP contribution in [-0.2, 0) is 20.7 Å². The second-order valence-corrected chi connectivity index (χ2v) is 4.63. The molecule has 21 heavy (non-hydrogen) atoms. The predicted molar refractivity (Wildman–Crippen MR) is 83.7 cm³/mol. The number of benzene rings is 1. The van der Waals surface area contributed by atoms with Gasteiger partial charge >= 0.3 is 5.97 Å². The van der Waals surface area contributed by atoms with E-state index in [1.807, 2.05) is 12.1 Å². The fourth-order valence-electron chi connectivity index (χ4n) is 1.77. The Morgan fingerprint density at radius 1 is 1.19 bits per heavy atom. The minimum Gasteiger partial charge on any atom is -0.466 e. The van der Waals surface area contributed by atoms with Crippen molar-refractivity contribution in [2.75, 3.05) is 13.2 Å². The topological polar surface area (TPSA) is 55.4 Å². The molecule has 0 aliphatic heterocycles. The van der Waals surface area contributed by atoms with Crippen LogP contribution in [0.1, 0.15) is 37.8 Å². The molecular formula is C17H23NO3. The second kappa shape index (κ2) is 9.75. The molecule has 0 saturated carbocycles. The van der Waals surface area contributed by atoms with Crippen molar-refractivity contribution < 1.29 is 14.3 Å². The van der Waals surface area contributed by atoms with Crippen molar-refractivity contribution in [3.05, 3.63) is 41.5 Å². The highest BCUT2D eigenvalue weighted by Crippen LogP contribution is 2.06. The zero-order chi connectivity index (χ0) is 15.5. The molecule has 1 N–H and O–H groups in total. The predicted octanol–water partition coefficient (Wildman–Crippen LogP) is 2.72. The molecule has 4 nitrogen and oxygen atoms in total. The number of hydrogen-bond acceptors (Lipinski definition) is 3. The summed E-state index contributed by atoms with van der Waals surface area (Å²) in [6.45, 7) is 4.74. The molecule has 1 aromatic rings. The van der Waals surface area contributed by atoms with Crippen molar-refractivity contribution in [1.82, 2.24) is 5.32 Å². The van der Waals surface area contributed by atoms with Gasteiger partial charge in [0.15, 0.2) is 0 Å². The van der Waals surface area contributed by atoms with Crippen LogP contribution in [0.3, 0.4) is 0 Å². The number of amides is 1. The van der Waals surface area contributed by atoms with E-state index in [0.717, 1.165) is 12.0 Å². The highest BCUT2D eigenvalue weighted by molar-refractivity contribution is 5.91. The van der Waals surface area contributed by atoms with E-state index in [1.54, 1.807) is 13.0 Å². The largest absolute Gasteiger partial charge is 0.466 e. The van der Waals surface area contributed by atoms with E-state index >= 15 is 0 Å². The van der Waals surface area contributed by atoms with E-state index in [1.165, 1.54) is 11.6 Å². The van der Waals surface area contributed by atoms with Gasteiger partial charge in [-0.3, -0.25) is 9.59 Å². The Morgan fingerprint density at radius 2 is 1.90 bits per heavy atom. The van der Waals surface area contributed by atoms with Gasteiger partial charge in [-0.15, -0.1) is 0 Å². The molecule has 0 heterocycles. The first-order valence-corrected chi connectivity index (χ1v) is 7.36. The van der Waals surface area contributed by atoms with Crippen molar-refractivity contribution >= 4 is 18.0 Å². The van der Waals surface area contributed by atoms with Gasteiger partial charge in [-0.1, -0.05) is 31.2 Å². The number of ether oxygens (including phenoxy) is 1. The summed E-state index contributed by atoms with van der Waals surface area (Å²) < 4.78 is 4.81. The molecule has 0 aliphatic carbocycles. The van der Waals surface area contributed by atoms with Crippen LogP contribution in [0.2, 0.25) is 0 Å². The lowest BCUT2D eigenvalue weighted by atomic mass is 10.1. The Kier molecular flexibility index (Phi) is 7.87. The Hall–Kier alpha value is -2.10. The lowest BCUT2D eigenvalue weighted by Crippen LogP contribution is -2.22. The average Bonchev–Trinajstić information content (AvgIpc) is 2.50. The molecule has 4 heteroatoms. The Morgan fingerprint density at radius 3 is 2.52 bits per heavy atom. The van der Waals surface area contributed by atoms with E-state index < -0.39 is 0 Å². The number of nitrogens with one attached hydrogen (secondary N) is 1. The molecule has 0 bridgehead atoms. The smallest absolute Gasteiger partial charge is 0.305 e.